The molecule has 0 aliphatic rings. The Labute approximate surface area is 78.3 Å². The fraction of sp³-hybridized carbons (Fsp3) is 0.222. The largest absolute Gasteiger partial charge is 0.575 e. The maximum absolute atomic E-state index is 11.6. The van der Waals surface area contributed by atoms with Crippen LogP contribution < -0.4 is 0 Å². The van der Waals surface area contributed by atoms with Gasteiger partial charge in [0.05, 0.1) is 5.56 Å². The van der Waals surface area contributed by atoms with E-state index < -0.39 is 12.3 Å². The molecule has 5 heteroatoms. The van der Waals surface area contributed by atoms with E-state index in [2.05, 4.69) is 4.74 Å². The van der Waals surface area contributed by atoms with Gasteiger partial charge >= 0.3 is 12.3 Å². The highest BCUT2D eigenvalue weighted by Crippen LogP contribution is 2.18. The summed E-state index contributed by atoms with van der Waals surface area (Å²) in [6.07, 6.45) is -4.93. The molecular formula is C9H7F3O2. The molecule has 0 radical (unpaired) electrons. The average molecular weight is 204 g/mol. The van der Waals surface area contributed by atoms with Crippen molar-refractivity contribution in [2.24, 2.45) is 0 Å². The second kappa shape index (κ2) is 3.69. The van der Waals surface area contributed by atoms with Crippen LogP contribution in [0.4, 0.5) is 13.2 Å². The fourth-order valence-corrected chi connectivity index (χ4v) is 0.854. The molecule has 0 saturated carbocycles. The van der Waals surface area contributed by atoms with Gasteiger partial charge in [-0.2, -0.15) is 0 Å². The number of rotatable bonds is 1. The van der Waals surface area contributed by atoms with Crippen molar-refractivity contribution in [3.63, 3.8) is 0 Å². The van der Waals surface area contributed by atoms with E-state index in [0.29, 0.717) is 0 Å². The summed E-state index contributed by atoms with van der Waals surface area (Å²) in [5, 5.41) is 0. The van der Waals surface area contributed by atoms with Gasteiger partial charge in [-0.1, -0.05) is 17.7 Å². The number of esters is 1. The third-order valence-corrected chi connectivity index (χ3v) is 1.50. The third-order valence-electron chi connectivity index (χ3n) is 1.50. The van der Waals surface area contributed by atoms with Gasteiger partial charge in [-0.15, -0.1) is 13.2 Å². The smallest absolute Gasteiger partial charge is 0.369 e. The topological polar surface area (TPSA) is 26.3 Å². The molecule has 0 unspecified atom stereocenters. The number of halogens is 3. The molecule has 0 saturated heterocycles. The van der Waals surface area contributed by atoms with Gasteiger partial charge < -0.3 is 4.74 Å². The van der Waals surface area contributed by atoms with Crippen LogP contribution in [0.2, 0.25) is 0 Å². The van der Waals surface area contributed by atoms with Crippen LogP contribution in [0.1, 0.15) is 15.9 Å². The van der Waals surface area contributed by atoms with Crippen LogP contribution in [0.5, 0.6) is 0 Å². The molecule has 76 valence electrons. The van der Waals surface area contributed by atoms with Crippen molar-refractivity contribution in [3.8, 4) is 0 Å². The second-order valence-electron chi connectivity index (χ2n) is 2.70. The summed E-state index contributed by atoms with van der Waals surface area (Å²) in [6, 6.07) is 5.63. The van der Waals surface area contributed by atoms with Crippen LogP contribution in [-0.2, 0) is 4.74 Å². The number of benzene rings is 1. The normalized spacial score (nSPS) is 11.1. The minimum Gasteiger partial charge on any atom is -0.369 e. The summed E-state index contributed by atoms with van der Waals surface area (Å²) in [4.78, 5) is 10.8. The SMILES string of the molecule is Cc1ccc(C(=O)OC(F)(F)F)cc1. The van der Waals surface area contributed by atoms with Gasteiger partial charge in [0.15, 0.2) is 0 Å². The molecular weight excluding hydrogens is 197 g/mol. The summed E-state index contributed by atoms with van der Waals surface area (Å²) in [5.74, 6) is -1.39. The molecule has 0 aromatic heterocycles. The highest BCUT2D eigenvalue weighted by molar-refractivity contribution is 5.89. The quantitative estimate of drug-likeness (QED) is 0.657. The highest BCUT2D eigenvalue weighted by atomic mass is 19.4. The number of carbonyl (C=O) groups is 1. The van der Waals surface area contributed by atoms with Crippen molar-refractivity contribution in [3.05, 3.63) is 35.4 Å². The van der Waals surface area contributed by atoms with Gasteiger partial charge in [-0.3, -0.25) is 0 Å². The first-order chi connectivity index (χ1) is 6.38. The Morgan fingerprint density at radius 1 is 1.21 bits per heavy atom. The van der Waals surface area contributed by atoms with E-state index >= 15 is 0 Å². The zero-order valence-electron chi connectivity index (χ0n) is 7.26. The molecule has 0 amide bonds. The summed E-state index contributed by atoms with van der Waals surface area (Å²) in [5.41, 5.74) is 0.737. The maximum atomic E-state index is 11.6. The number of ether oxygens (including phenoxy) is 1. The lowest BCUT2D eigenvalue weighted by molar-refractivity contribution is -0.291. The van der Waals surface area contributed by atoms with Gasteiger partial charge in [0, 0.05) is 0 Å². The Hall–Kier alpha value is -1.52. The molecule has 1 aromatic carbocycles. The Balaban J connectivity index is 2.76. The minimum atomic E-state index is -4.93. The molecule has 14 heavy (non-hydrogen) atoms. The van der Waals surface area contributed by atoms with E-state index in [1.54, 1.807) is 6.92 Å². The molecule has 1 rings (SSSR count). The van der Waals surface area contributed by atoms with Crippen LogP contribution >= 0.6 is 0 Å². The zero-order valence-corrected chi connectivity index (χ0v) is 7.26. The Morgan fingerprint density at radius 3 is 2.14 bits per heavy atom. The van der Waals surface area contributed by atoms with E-state index in [1.165, 1.54) is 24.3 Å². The summed E-state index contributed by atoms with van der Waals surface area (Å²) in [7, 11) is 0. The van der Waals surface area contributed by atoms with Crippen LogP contribution in [0, 0.1) is 6.92 Å². The first kappa shape index (κ1) is 10.6. The monoisotopic (exact) mass is 204 g/mol. The minimum absolute atomic E-state index is 0.118. The number of carbonyl (C=O) groups excluding carboxylic acids is 1. The van der Waals surface area contributed by atoms with Crippen LogP contribution in [0.3, 0.4) is 0 Å². The van der Waals surface area contributed by atoms with Gasteiger partial charge in [0.1, 0.15) is 0 Å². The van der Waals surface area contributed by atoms with E-state index in [4.69, 9.17) is 0 Å². The molecule has 0 aliphatic carbocycles. The predicted molar refractivity (Wildman–Crippen MR) is 42.6 cm³/mol. The Bertz CT molecular complexity index is 327. The molecule has 1 aromatic rings. The Kier molecular flexibility index (Phi) is 2.78. The summed E-state index contributed by atoms with van der Waals surface area (Å²) in [6.45, 7) is 1.76. The lowest BCUT2D eigenvalue weighted by Gasteiger charge is -2.06. The molecule has 0 N–H and O–H groups in total. The average Bonchev–Trinajstić information content (AvgIpc) is 2.02. The van der Waals surface area contributed by atoms with E-state index in [0.717, 1.165) is 5.56 Å². The van der Waals surface area contributed by atoms with Gasteiger partial charge in [0.2, 0.25) is 0 Å². The van der Waals surface area contributed by atoms with Crippen LogP contribution in [0.15, 0.2) is 24.3 Å². The van der Waals surface area contributed by atoms with Crippen molar-refractivity contribution in [2.75, 3.05) is 0 Å². The van der Waals surface area contributed by atoms with Gasteiger partial charge in [0.25, 0.3) is 0 Å². The first-order valence-corrected chi connectivity index (χ1v) is 3.75. The van der Waals surface area contributed by atoms with Crippen molar-refractivity contribution < 1.29 is 22.7 Å². The summed E-state index contributed by atoms with van der Waals surface area (Å²) >= 11 is 0. The molecule has 0 fully saturated rings. The summed E-state index contributed by atoms with van der Waals surface area (Å²) < 4.78 is 38.1. The predicted octanol–water partition coefficient (Wildman–Crippen LogP) is 2.67. The fourth-order valence-electron chi connectivity index (χ4n) is 0.854. The zero-order chi connectivity index (χ0) is 10.8. The van der Waals surface area contributed by atoms with E-state index in [1.807, 2.05) is 0 Å². The lowest BCUT2D eigenvalue weighted by Crippen LogP contribution is -2.19. The molecule has 0 heterocycles. The van der Waals surface area contributed by atoms with Crippen molar-refractivity contribution >= 4 is 5.97 Å². The number of hydrogen-bond acceptors (Lipinski definition) is 2. The molecule has 2 nitrogen and oxygen atoms in total. The molecule has 0 aliphatic heterocycles. The second-order valence-corrected chi connectivity index (χ2v) is 2.70. The maximum Gasteiger partial charge on any atom is 0.575 e. The number of alkyl halides is 3. The van der Waals surface area contributed by atoms with Crippen molar-refractivity contribution in [1.29, 1.82) is 0 Å². The van der Waals surface area contributed by atoms with Gasteiger partial charge in [-0.25, -0.2) is 4.79 Å². The standard InChI is InChI=1S/C9H7F3O2/c1-6-2-4-7(5-3-6)8(13)14-9(10,11)12/h2-5H,1H3. The van der Waals surface area contributed by atoms with Gasteiger partial charge in [-0.05, 0) is 19.1 Å². The molecule has 0 bridgehead atoms. The van der Waals surface area contributed by atoms with E-state index in [9.17, 15) is 18.0 Å². The molecule has 0 spiro atoms. The van der Waals surface area contributed by atoms with Crippen LogP contribution in [0.25, 0.3) is 0 Å². The third kappa shape index (κ3) is 3.08. The lowest BCUT2D eigenvalue weighted by atomic mass is 10.2. The number of aryl methyl sites for hydroxylation is 1. The highest BCUT2D eigenvalue weighted by Gasteiger charge is 2.34. The van der Waals surface area contributed by atoms with Crippen LogP contribution in [-0.4, -0.2) is 12.3 Å². The van der Waals surface area contributed by atoms with E-state index in [-0.39, 0.29) is 5.56 Å². The molecule has 0 atom stereocenters. The van der Waals surface area contributed by atoms with Crippen molar-refractivity contribution in [2.45, 2.75) is 13.3 Å². The first-order valence-electron chi connectivity index (χ1n) is 3.75. The van der Waals surface area contributed by atoms with Crippen molar-refractivity contribution in [1.82, 2.24) is 0 Å². The Morgan fingerprint density at radius 2 is 1.71 bits per heavy atom. The number of hydrogen-bond donors (Lipinski definition) is 0.